The Kier molecular flexibility index (Phi) is 4.94. The molecule has 2 heterocycles. The van der Waals surface area contributed by atoms with E-state index in [1.54, 1.807) is 0 Å². The van der Waals surface area contributed by atoms with E-state index in [2.05, 4.69) is 27.2 Å². The minimum Gasteiger partial charge on any atom is -0.310 e. The third kappa shape index (κ3) is 3.67. The largest absolute Gasteiger partial charge is 0.310 e. The highest BCUT2D eigenvalue weighted by Crippen LogP contribution is 2.16. The summed E-state index contributed by atoms with van der Waals surface area (Å²) in [5, 5.41) is 3.50. The van der Waals surface area contributed by atoms with Gasteiger partial charge in [0.1, 0.15) is 5.82 Å². The second-order valence-electron chi connectivity index (χ2n) is 6.05. The highest BCUT2D eigenvalue weighted by atomic mass is 16.1. The van der Waals surface area contributed by atoms with Crippen LogP contribution in [0.5, 0.6) is 0 Å². The van der Waals surface area contributed by atoms with Gasteiger partial charge in [-0.3, -0.25) is 4.79 Å². The summed E-state index contributed by atoms with van der Waals surface area (Å²) in [7, 11) is 2.17. The maximum Gasteiger partial charge on any atom is 0.255 e. The molecule has 20 heavy (non-hydrogen) atoms. The van der Waals surface area contributed by atoms with Crippen molar-refractivity contribution in [2.75, 3.05) is 26.7 Å². The topological polar surface area (TPSA) is 61.0 Å². The summed E-state index contributed by atoms with van der Waals surface area (Å²) in [5.41, 5.74) is 1.57. The number of aromatic nitrogens is 2. The molecular formula is C15H26N4O. The van der Waals surface area contributed by atoms with E-state index in [0.29, 0.717) is 11.7 Å². The fraction of sp³-hybridized carbons (Fsp3) is 0.733. The molecule has 0 aromatic carbocycles. The second kappa shape index (κ2) is 6.50. The minimum absolute atomic E-state index is 0.0178. The number of nitrogens with one attached hydrogen (secondary N) is 2. The first-order valence-electron chi connectivity index (χ1n) is 7.46. The Morgan fingerprint density at radius 3 is 2.90 bits per heavy atom. The zero-order chi connectivity index (χ0) is 14.7. The Bertz CT molecular complexity index is 511. The second-order valence-corrected chi connectivity index (χ2v) is 6.05. The van der Waals surface area contributed by atoms with Crippen LogP contribution in [-0.4, -0.2) is 41.5 Å². The molecule has 1 aliphatic heterocycles. The molecule has 1 aromatic heterocycles. The van der Waals surface area contributed by atoms with Gasteiger partial charge in [-0.15, -0.1) is 0 Å². The van der Waals surface area contributed by atoms with E-state index in [4.69, 9.17) is 0 Å². The van der Waals surface area contributed by atoms with E-state index in [1.807, 2.05) is 20.8 Å². The lowest BCUT2D eigenvalue weighted by molar-refractivity contribution is 0.203. The Labute approximate surface area is 120 Å². The number of hydrogen-bond donors (Lipinski definition) is 2. The molecule has 1 fully saturated rings. The monoisotopic (exact) mass is 278 g/mol. The van der Waals surface area contributed by atoms with Crippen molar-refractivity contribution in [3.8, 4) is 0 Å². The number of aryl methyl sites for hydroxylation is 2. The molecule has 2 N–H and O–H groups in total. The summed E-state index contributed by atoms with van der Waals surface area (Å²) in [4.78, 5) is 21.6. The molecule has 5 heteroatoms. The molecule has 2 unspecified atom stereocenters. The van der Waals surface area contributed by atoms with Crippen LogP contribution in [0.25, 0.3) is 0 Å². The van der Waals surface area contributed by atoms with Crippen LogP contribution in [0.1, 0.15) is 42.9 Å². The number of nitrogens with zero attached hydrogens (tertiary/aromatic N) is 2. The van der Waals surface area contributed by atoms with Crippen LogP contribution >= 0.6 is 0 Å². The molecule has 1 saturated heterocycles. The van der Waals surface area contributed by atoms with Crippen molar-refractivity contribution in [2.24, 2.45) is 5.92 Å². The van der Waals surface area contributed by atoms with Crippen LogP contribution in [0.15, 0.2) is 4.79 Å². The first kappa shape index (κ1) is 15.2. The number of piperidine rings is 1. The van der Waals surface area contributed by atoms with E-state index in [1.165, 1.54) is 19.4 Å². The van der Waals surface area contributed by atoms with Crippen LogP contribution in [-0.2, 0) is 0 Å². The van der Waals surface area contributed by atoms with Gasteiger partial charge in [0.2, 0.25) is 0 Å². The molecule has 0 spiro atoms. The lowest BCUT2D eigenvalue weighted by Gasteiger charge is -2.30. The molecule has 0 saturated carbocycles. The van der Waals surface area contributed by atoms with Crippen molar-refractivity contribution >= 4 is 0 Å². The van der Waals surface area contributed by atoms with Gasteiger partial charge in [-0.2, -0.15) is 0 Å². The fourth-order valence-corrected chi connectivity index (χ4v) is 3.13. The van der Waals surface area contributed by atoms with Gasteiger partial charge >= 0.3 is 0 Å². The lowest BCUT2D eigenvalue weighted by atomic mass is 9.97. The summed E-state index contributed by atoms with van der Waals surface area (Å²) < 4.78 is 0. The molecule has 1 aromatic rings. The molecule has 5 nitrogen and oxygen atoms in total. The molecule has 2 atom stereocenters. The van der Waals surface area contributed by atoms with Crippen LogP contribution in [0.4, 0.5) is 0 Å². The van der Waals surface area contributed by atoms with Gasteiger partial charge in [0, 0.05) is 18.3 Å². The van der Waals surface area contributed by atoms with Crippen LogP contribution in [0.2, 0.25) is 0 Å². The number of H-pyrrole nitrogens is 1. The van der Waals surface area contributed by atoms with Crippen LogP contribution in [0, 0.1) is 19.8 Å². The standard InChI is InChI=1S/C15H26N4O/c1-10(14-11(2)17-12(3)18-15(14)20)16-8-13-6-5-7-19(4)9-13/h10,13,16H,5-9H2,1-4H3,(H,17,18,20). The van der Waals surface area contributed by atoms with Gasteiger partial charge < -0.3 is 15.2 Å². The summed E-state index contributed by atoms with van der Waals surface area (Å²) in [5.74, 6) is 1.35. The minimum atomic E-state index is -0.0178. The number of rotatable bonds is 4. The van der Waals surface area contributed by atoms with Crippen LogP contribution in [0.3, 0.4) is 0 Å². The van der Waals surface area contributed by atoms with Gasteiger partial charge in [0.05, 0.1) is 5.56 Å². The third-order valence-corrected chi connectivity index (χ3v) is 4.13. The summed E-state index contributed by atoms with van der Waals surface area (Å²) >= 11 is 0. The van der Waals surface area contributed by atoms with E-state index >= 15 is 0 Å². The zero-order valence-corrected chi connectivity index (χ0v) is 13.0. The Morgan fingerprint density at radius 2 is 2.25 bits per heavy atom. The average molecular weight is 278 g/mol. The highest BCUT2D eigenvalue weighted by Gasteiger charge is 2.19. The number of hydrogen-bond acceptors (Lipinski definition) is 4. The van der Waals surface area contributed by atoms with E-state index in [0.717, 1.165) is 24.3 Å². The zero-order valence-electron chi connectivity index (χ0n) is 13.0. The Hall–Kier alpha value is -1.20. The lowest BCUT2D eigenvalue weighted by Crippen LogP contribution is -2.39. The van der Waals surface area contributed by atoms with Gasteiger partial charge in [-0.25, -0.2) is 4.98 Å². The first-order chi connectivity index (χ1) is 9.47. The Morgan fingerprint density at radius 1 is 1.50 bits per heavy atom. The van der Waals surface area contributed by atoms with E-state index < -0.39 is 0 Å². The first-order valence-corrected chi connectivity index (χ1v) is 7.46. The molecule has 2 rings (SSSR count). The molecule has 0 bridgehead atoms. The van der Waals surface area contributed by atoms with Gasteiger partial charge in [0.25, 0.3) is 5.56 Å². The predicted octanol–water partition coefficient (Wildman–Crippen LogP) is 1.38. The average Bonchev–Trinajstić information content (AvgIpc) is 2.35. The van der Waals surface area contributed by atoms with E-state index in [9.17, 15) is 4.79 Å². The van der Waals surface area contributed by atoms with Gasteiger partial charge in [-0.1, -0.05) is 0 Å². The van der Waals surface area contributed by atoms with Crippen molar-refractivity contribution in [3.63, 3.8) is 0 Å². The molecule has 0 amide bonds. The van der Waals surface area contributed by atoms with Gasteiger partial charge in [0.15, 0.2) is 0 Å². The molecule has 0 radical (unpaired) electrons. The molecule has 0 aliphatic carbocycles. The summed E-state index contributed by atoms with van der Waals surface area (Å²) in [6.45, 7) is 9.06. The SMILES string of the molecule is Cc1nc(C)c(C(C)NCC2CCCN(C)C2)c(=O)[nH]1. The molecule has 1 aliphatic rings. The fourth-order valence-electron chi connectivity index (χ4n) is 3.13. The van der Waals surface area contributed by atoms with Crippen molar-refractivity contribution in [2.45, 2.75) is 39.7 Å². The third-order valence-electron chi connectivity index (χ3n) is 4.13. The normalized spacial score (nSPS) is 21.9. The summed E-state index contributed by atoms with van der Waals surface area (Å²) in [6, 6.07) is 0.0408. The van der Waals surface area contributed by atoms with Gasteiger partial charge in [-0.05, 0) is 59.7 Å². The van der Waals surface area contributed by atoms with Crippen molar-refractivity contribution in [1.82, 2.24) is 20.2 Å². The van der Waals surface area contributed by atoms with Crippen molar-refractivity contribution in [3.05, 3.63) is 27.4 Å². The smallest absolute Gasteiger partial charge is 0.255 e. The highest BCUT2D eigenvalue weighted by molar-refractivity contribution is 5.19. The maximum absolute atomic E-state index is 12.1. The molecular weight excluding hydrogens is 252 g/mol. The van der Waals surface area contributed by atoms with E-state index in [-0.39, 0.29) is 11.6 Å². The summed E-state index contributed by atoms with van der Waals surface area (Å²) in [6.07, 6.45) is 2.54. The van der Waals surface area contributed by atoms with Crippen molar-refractivity contribution < 1.29 is 0 Å². The maximum atomic E-state index is 12.1. The predicted molar refractivity (Wildman–Crippen MR) is 81.0 cm³/mol. The Balaban J connectivity index is 1.98. The van der Waals surface area contributed by atoms with Crippen molar-refractivity contribution in [1.29, 1.82) is 0 Å². The molecule has 112 valence electrons. The number of likely N-dealkylation sites (tertiary alicyclic amines) is 1. The number of aromatic amines is 1. The quantitative estimate of drug-likeness (QED) is 0.873. The van der Waals surface area contributed by atoms with Crippen LogP contribution < -0.4 is 10.9 Å².